The zero-order valence-electron chi connectivity index (χ0n) is 15.1. The largest absolute Gasteiger partial charge is 0.507 e. The highest BCUT2D eigenvalue weighted by atomic mass is 79.9. The number of rotatable bonds is 5. The van der Waals surface area contributed by atoms with Crippen molar-refractivity contribution in [2.24, 2.45) is 7.05 Å². The maximum atomic E-state index is 12.7. The van der Waals surface area contributed by atoms with Gasteiger partial charge in [-0.25, -0.2) is 4.79 Å². The Balaban J connectivity index is 2.45. The number of fused-ring (bicyclic) bond motifs is 1. The number of esters is 1. The minimum atomic E-state index is -4.64. The molecule has 9 heteroatoms. The Labute approximate surface area is 170 Å². The zero-order chi connectivity index (χ0) is 20.6. The van der Waals surface area contributed by atoms with Crippen molar-refractivity contribution in [2.45, 2.75) is 12.2 Å². The van der Waals surface area contributed by atoms with E-state index in [2.05, 4.69) is 15.9 Å². The molecular weight excluding hydrogens is 450 g/mol. The van der Waals surface area contributed by atoms with Gasteiger partial charge >= 0.3 is 5.97 Å². The van der Waals surface area contributed by atoms with Gasteiger partial charge in [-0.3, -0.25) is 4.55 Å². The quantitative estimate of drug-likeness (QED) is 0.436. The van der Waals surface area contributed by atoms with Crippen LogP contribution in [0, 0.1) is 0 Å². The molecule has 2 aromatic carbocycles. The molecule has 0 fully saturated rings. The van der Waals surface area contributed by atoms with E-state index in [4.69, 9.17) is 4.74 Å². The number of aromatic hydroxyl groups is 1. The van der Waals surface area contributed by atoms with Crippen molar-refractivity contribution < 1.29 is 27.6 Å². The van der Waals surface area contributed by atoms with Crippen molar-refractivity contribution in [3.63, 3.8) is 0 Å². The van der Waals surface area contributed by atoms with Crippen molar-refractivity contribution in [3.8, 4) is 5.75 Å². The third kappa shape index (κ3) is 3.52. The molecule has 2 N–H and O–H groups in total. The molecule has 148 valence electrons. The first-order valence-corrected chi connectivity index (χ1v) is 10.7. The van der Waals surface area contributed by atoms with Crippen molar-refractivity contribution in [1.29, 1.82) is 0 Å². The number of benzene rings is 2. The number of ether oxygens (including phenoxy) is 1. The highest BCUT2D eigenvalue weighted by molar-refractivity contribution is 9.10. The minimum Gasteiger partial charge on any atom is -0.507 e. The van der Waals surface area contributed by atoms with Gasteiger partial charge in [0.25, 0.3) is 10.1 Å². The van der Waals surface area contributed by atoms with Gasteiger partial charge in [0, 0.05) is 12.4 Å². The van der Waals surface area contributed by atoms with E-state index in [1.807, 2.05) is 0 Å². The molecule has 0 radical (unpaired) electrons. The van der Waals surface area contributed by atoms with Crippen LogP contribution in [0.5, 0.6) is 5.75 Å². The van der Waals surface area contributed by atoms with Crippen LogP contribution in [0.1, 0.15) is 33.8 Å². The van der Waals surface area contributed by atoms with Gasteiger partial charge in [0.1, 0.15) is 5.75 Å². The van der Waals surface area contributed by atoms with Crippen LogP contribution in [0.25, 0.3) is 10.9 Å². The number of phenols is 1. The summed E-state index contributed by atoms with van der Waals surface area (Å²) in [4.78, 5) is 12.7. The summed E-state index contributed by atoms with van der Waals surface area (Å²) < 4.78 is 41.8. The molecule has 0 saturated carbocycles. The SMILES string of the molecule is CCOC(=O)c1c(C(c2ccccc2)S(=O)(=O)O)n(C)c2cc(Br)c(O)cc12. The van der Waals surface area contributed by atoms with Crippen molar-refractivity contribution in [2.75, 3.05) is 6.61 Å². The Morgan fingerprint density at radius 1 is 1.25 bits per heavy atom. The summed E-state index contributed by atoms with van der Waals surface area (Å²) in [7, 11) is -3.05. The smallest absolute Gasteiger partial charge is 0.340 e. The van der Waals surface area contributed by atoms with Crippen LogP contribution in [0.4, 0.5) is 0 Å². The van der Waals surface area contributed by atoms with E-state index in [0.29, 0.717) is 20.9 Å². The summed E-state index contributed by atoms with van der Waals surface area (Å²) in [6.45, 7) is 1.72. The van der Waals surface area contributed by atoms with E-state index < -0.39 is 21.3 Å². The van der Waals surface area contributed by atoms with Gasteiger partial charge in [-0.05, 0) is 40.5 Å². The molecule has 0 amide bonds. The van der Waals surface area contributed by atoms with Gasteiger partial charge in [0.2, 0.25) is 0 Å². The second kappa shape index (κ2) is 7.57. The number of carbonyl (C=O) groups excluding carboxylic acids is 1. The van der Waals surface area contributed by atoms with Crippen molar-refractivity contribution in [3.05, 3.63) is 63.8 Å². The second-order valence-corrected chi connectivity index (χ2v) is 8.52. The number of nitrogens with zero attached hydrogens (tertiary/aromatic N) is 1. The Hall–Kier alpha value is -2.36. The summed E-state index contributed by atoms with van der Waals surface area (Å²) in [5.41, 5.74) is 0.824. The molecule has 0 aliphatic heterocycles. The van der Waals surface area contributed by atoms with Crippen LogP contribution in [0.15, 0.2) is 46.9 Å². The van der Waals surface area contributed by atoms with Crippen LogP contribution in [0.3, 0.4) is 0 Å². The highest BCUT2D eigenvalue weighted by Gasteiger charge is 2.36. The molecule has 0 aliphatic rings. The van der Waals surface area contributed by atoms with E-state index in [-0.39, 0.29) is 23.6 Å². The van der Waals surface area contributed by atoms with E-state index in [1.165, 1.54) is 10.6 Å². The maximum Gasteiger partial charge on any atom is 0.340 e. The molecule has 1 heterocycles. The monoisotopic (exact) mass is 467 g/mol. The lowest BCUT2D eigenvalue weighted by Gasteiger charge is -2.18. The van der Waals surface area contributed by atoms with E-state index in [9.17, 15) is 22.9 Å². The molecule has 3 rings (SSSR count). The van der Waals surface area contributed by atoms with Gasteiger partial charge in [-0.2, -0.15) is 8.42 Å². The fourth-order valence-corrected chi connectivity index (χ4v) is 4.68. The third-order valence-electron chi connectivity index (χ3n) is 4.44. The topological polar surface area (TPSA) is 106 Å². The standard InChI is InChI=1S/C19H18BrNO6S/c1-3-27-19(23)16-12-9-15(22)13(20)10-14(12)21(2)17(16)18(28(24,25)26)11-7-5-4-6-8-11/h4-10,18,22H,3H2,1-2H3,(H,24,25,26). The molecule has 1 atom stereocenters. The molecule has 1 unspecified atom stereocenters. The van der Waals surface area contributed by atoms with Gasteiger partial charge in [0.15, 0.2) is 5.25 Å². The summed E-state index contributed by atoms with van der Waals surface area (Å²) in [6, 6.07) is 11.0. The van der Waals surface area contributed by atoms with Gasteiger partial charge in [-0.1, -0.05) is 30.3 Å². The lowest BCUT2D eigenvalue weighted by atomic mass is 10.0. The number of hydrogen-bond donors (Lipinski definition) is 2. The van der Waals surface area contributed by atoms with Crippen molar-refractivity contribution >= 4 is 42.9 Å². The summed E-state index contributed by atoms with van der Waals surface area (Å²) in [5, 5.41) is 8.91. The maximum absolute atomic E-state index is 12.7. The molecule has 0 spiro atoms. The fraction of sp³-hybridized carbons (Fsp3) is 0.211. The van der Waals surface area contributed by atoms with E-state index in [0.717, 1.165) is 0 Å². The van der Waals surface area contributed by atoms with Crippen LogP contribution < -0.4 is 0 Å². The Kier molecular flexibility index (Phi) is 5.51. The first-order valence-electron chi connectivity index (χ1n) is 8.36. The number of phenolic OH excluding ortho intramolecular Hbond substituents is 1. The van der Waals surface area contributed by atoms with Crippen LogP contribution in [0.2, 0.25) is 0 Å². The summed E-state index contributed by atoms with van der Waals surface area (Å²) >= 11 is 3.23. The normalized spacial score (nSPS) is 12.9. The average molecular weight is 468 g/mol. The molecule has 0 aliphatic carbocycles. The molecule has 3 aromatic rings. The third-order valence-corrected chi connectivity index (χ3v) is 6.17. The first kappa shape index (κ1) is 20.4. The zero-order valence-corrected chi connectivity index (χ0v) is 17.5. The number of halogens is 1. The summed E-state index contributed by atoms with van der Waals surface area (Å²) in [5.74, 6) is -0.854. The van der Waals surface area contributed by atoms with Gasteiger partial charge in [-0.15, -0.1) is 0 Å². The van der Waals surface area contributed by atoms with Crippen molar-refractivity contribution in [1.82, 2.24) is 4.57 Å². The Morgan fingerprint density at radius 3 is 2.46 bits per heavy atom. The first-order chi connectivity index (χ1) is 13.2. The molecular formula is C19H18BrNO6S. The second-order valence-electron chi connectivity index (χ2n) is 6.17. The average Bonchev–Trinajstić information content (AvgIpc) is 2.88. The fourth-order valence-electron chi connectivity index (χ4n) is 3.29. The molecule has 7 nitrogen and oxygen atoms in total. The minimum absolute atomic E-state index is 0.0198. The lowest BCUT2D eigenvalue weighted by molar-refractivity contribution is 0.0527. The van der Waals surface area contributed by atoms with Gasteiger partial charge in [0.05, 0.1) is 27.9 Å². The molecule has 0 bridgehead atoms. The van der Waals surface area contributed by atoms with Crippen LogP contribution >= 0.6 is 15.9 Å². The van der Waals surface area contributed by atoms with Crippen LogP contribution in [-0.2, 0) is 21.9 Å². The number of hydrogen-bond acceptors (Lipinski definition) is 5. The predicted molar refractivity (Wildman–Crippen MR) is 108 cm³/mol. The van der Waals surface area contributed by atoms with Crippen LogP contribution in [-0.4, -0.2) is 35.2 Å². The summed E-state index contributed by atoms with van der Waals surface area (Å²) in [6.07, 6.45) is 0. The number of carbonyl (C=O) groups is 1. The lowest BCUT2D eigenvalue weighted by Crippen LogP contribution is -2.20. The number of aryl methyl sites for hydroxylation is 1. The molecule has 0 saturated heterocycles. The van der Waals surface area contributed by atoms with Gasteiger partial charge < -0.3 is 14.4 Å². The highest BCUT2D eigenvalue weighted by Crippen LogP contribution is 2.40. The number of aromatic nitrogens is 1. The van der Waals surface area contributed by atoms with E-state index >= 15 is 0 Å². The Bertz CT molecular complexity index is 1150. The predicted octanol–water partition coefficient (Wildman–Crippen LogP) is 3.80. The molecule has 1 aromatic heterocycles. The van der Waals surface area contributed by atoms with E-state index in [1.54, 1.807) is 50.4 Å². The molecule has 28 heavy (non-hydrogen) atoms. The Morgan fingerprint density at radius 2 is 1.89 bits per heavy atom.